The Kier molecular flexibility index (Phi) is 5.64. The quantitative estimate of drug-likeness (QED) is 0.688. The first kappa shape index (κ1) is 18.8. The summed E-state index contributed by atoms with van der Waals surface area (Å²) in [4.78, 5) is 12.3. The molecule has 0 bridgehead atoms. The van der Waals surface area contributed by atoms with Crippen molar-refractivity contribution in [3.05, 3.63) is 65.4 Å². The van der Waals surface area contributed by atoms with E-state index in [4.69, 9.17) is 9.15 Å². The predicted molar refractivity (Wildman–Crippen MR) is 103 cm³/mol. The fourth-order valence-corrected chi connectivity index (χ4v) is 3.19. The largest absolute Gasteiger partial charge is 0.497 e. The monoisotopic (exact) mass is 367 g/mol. The van der Waals surface area contributed by atoms with Gasteiger partial charge in [-0.1, -0.05) is 6.07 Å². The van der Waals surface area contributed by atoms with Crippen molar-refractivity contribution >= 4 is 5.91 Å². The van der Waals surface area contributed by atoms with Crippen LogP contribution in [0.5, 0.6) is 5.75 Å². The third-order valence-electron chi connectivity index (χ3n) is 4.69. The van der Waals surface area contributed by atoms with Gasteiger partial charge in [0.1, 0.15) is 11.5 Å². The van der Waals surface area contributed by atoms with Gasteiger partial charge in [-0.25, -0.2) is 4.68 Å². The molecule has 0 aliphatic rings. The first-order valence-electron chi connectivity index (χ1n) is 9.02. The normalized spacial score (nSPS) is 12.0. The summed E-state index contributed by atoms with van der Waals surface area (Å²) in [5.74, 6) is 1.53. The van der Waals surface area contributed by atoms with Crippen molar-refractivity contribution in [3.63, 3.8) is 0 Å². The minimum absolute atomic E-state index is 0.00756. The topological polar surface area (TPSA) is 69.3 Å². The molecule has 2 heterocycles. The number of carbonyl (C=O) groups is 1. The maximum atomic E-state index is 12.3. The third kappa shape index (κ3) is 4.22. The summed E-state index contributed by atoms with van der Waals surface area (Å²) in [6.45, 7) is 5.91. The zero-order valence-corrected chi connectivity index (χ0v) is 16.2. The van der Waals surface area contributed by atoms with Gasteiger partial charge in [-0.2, -0.15) is 5.10 Å². The maximum absolute atomic E-state index is 12.3. The summed E-state index contributed by atoms with van der Waals surface area (Å²) >= 11 is 0. The molecule has 1 atom stereocenters. The second-order valence-corrected chi connectivity index (χ2v) is 6.57. The molecule has 0 saturated heterocycles. The van der Waals surface area contributed by atoms with Gasteiger partial charge in [0.25, 0.3) is 0 Å². The molecule has 2 aromatic heterocycles. The number of hydrogen-bond acceptors (Lipinski definition) is 4. The van der Waals surface area contributed by atoms with E-state index in [0.717, 1.165) is 34.1 Å². The van der Waals surface area contributed by atoms with Crippen molar-refractivity contribution < 1.29 is 13.9 Å². The highest BCUT2D eigenvalue weighted by Crippen LogP contribution is 2.22. The molecule has 0 saturated carbocycles. The molecule has 1 amide bonds. The Balaban J connectivity index is 1.68. The fourth-order valence-electron chi connectivity index (χ4n) is 3.19. The van der Waals surface area contributed by atoms with Gasteiger partial charge in [0.2, 0.25) is 5.91 Å². The number of ether oxygens (including phenoxy) is 1. The molecule has 0 unspecified atom stereocenters. The van der Waals surface area contributed by atoms with E-state index in [-0.39, 0.29) is 11.9 Å². The van der Waals surface area contributed by atoms with Gasteiger partial charge in [0, 0.05) is 18.2 Å². The SMILES string of the molecule is COc1cccc(-n2nc(C)c(CCC(=O)N[C@H](C)c3ccco3)c2C)c1. The number of hydrogen-bond donors (Lipinski definition) is 1. The molecule has 0 spiro atoms. The highest BCUT2D eigenvalue weighted by molar-refractivity contribution is 5.76. The highest BCUT2D eigenvalue weighted by atomic mass is 16.5. The van der Waals surface area contributed by atoms with E-state index in [9.17, 15) is 4.79 Å². The van der Waals surface area contributed by atoms with Crippen LogP contribution in [0.25, 0.3) is 5.69 Å². The lowest BCUT2D eigenvalue weighted by Gasteiger charge is -2.11. The van der Waals surface area contributed by atoms with Gasteiger partial charge < -0.3 is 14.5 Å². The lowest BCUT2D eigenvalue weighted by Crippen LogP contribution is -2.26. The summed E-state index contributed by atoms with van der Waals surface area (Å²) < 4.78 is 12.5. The van der Waals surface area contributed by atoms with Crippen LogP contribution in [0, 0.1) is 13.8 Å². The molecular formula is C21H25N3O3. The molecule has 0 aliphatic carbocycles. The molecule has 6 nitrogen and oxygen atoms in total. The smallest absolute Gasteiger partial charge is 0.220 e. The molecule has 1 N–H and O–H groups in total. The van der Waals surface area contributed by atoms with Crippen molar-refractivity contribution in [2.75, 3.05) is 7.11 Å². The van der Waals surface area contributed by atoms with Crippen molar-refractivity contribution in [2.45, 2.75) is 39.7 Å². The van der Waals surface area contributed by atoms with Crippen LogP contribution in [0.2, 0.25) is 0 Å². The van der Waals surface area contributed by atoms with Gasteiger partial charge >= 0.3 is 0 Å². The Morgan fingerprint density at radius 1 is 1.30 bits per heavy atom. The Hall–Kier alpha value is -3.02. The van der Waals surface area contributed by atoms with E-state index < -0.39 is 0 Å². The summed E-state index contributed by atoms with van der Waals surface area (Å²) in [5, 5.41) is 7.62. The van der Waals surface area contributed by atoms with Crippen LogP contribution in [0.1, 0.15) is 42.1 Å². The number of nitrogens with zero attached hydrogens (tertiary/aromatic N) is 2. The number of carbonyl (C=O) groups excluding carboxylic acids is 1. The number of benzene rings is 1. The van der Waals surface area contributed by atoms with Crippen molar-refractivity contribution in [1.29, 1.82) is 0 Å². The van der Waals surface area contributed by atoms with Crippen LogP contribution < -0.4 is 10.1 Å². The number of aromatic nitrogens is 2. The van der Waals surface area contributed by atoms with E-state index in [1.165, 1.54) is 0 Å². The van der Waals surface area contributed by atoms with Crippen LogP contribution in [-0.4, -0.2) is 22.8 Å². The molecule has 1 aromatic carbocycles. The lowest BCUT2D eigenvalue weighted by atomic mass is 10.1. The van der Waals surface area contributed by atoms with Crippen LogP contribution in [0.4, 0.5) is 0 Å². The Bertz CT molecular complexity index is 913. The summed E-state index contributed by atoms with van der Waals surface area (Å²) in [7, 11) is 1.65. The minimum atomic E-state index is -0.144. The second-order valence-electron chi connectivity index (χ2n) is 6.57. The van der Waals surface area contributed by atoms with E-state index in [1.54, 1.807) is 13.4 Å². The van der Waals surface area contributed by atoms with Crippen LogP contribution in [0.15, 0.2) is 47.1 Å². The Morgan fingerprint density at radius 3 is 2.81 bits per heavy atom. The molecular weight excluding hydrogens is 342 g/mol. The molecule has 0 fully saturated rings. The van der Waals surface area contributed by atoms with Gasteiger partial charge in [0.15, 0.2) is 0 Å². The number of aryl methyl sites for hydroxylation is 1. The van der Waals surface area contributed by atoms with Gasteiger partial charge in [0.05, 0.1) is 30.8 Å². The molecule has 0 aliphatic heterocycles. The number of furan rings is 1. The lowest BCUT2D eigenvalue weighted by molar-refractivity contribution is -0.121. The zero-order chi connectivity index (χ0) is 19.4. The summed E-state index contributed by atoms with van der Waals surface area (Å²) in [6, 6.07) is 11.3. The van der Waals surface area contributed by atoms with Crippen molar-refractivity contribution in [3.8, 4) is 11.4 Å². The van der Waals surface area contributed by atoms with E-state index in [1.807, 2.05) is 61.9 Å². The minimum Gasteiger partial charge on any atom is -0.497 e. The van der Waals surface area contributed by atoms with Crippen LogP contribution in [0.3, 0.4) is 0 Å². The highest BCUT2D eigenvalue weighted by Gasteiger charge is 2.16. The first-order valence-corrected chi connectivity index (χ1v) is 9.02. The van der Waals surface area contributed by atoms with E-state index >= 15 is 0 Å². The van der Waals surface area contributed by atoms with Crippen LogP contribution in [-0.2, 0) is 11.2 Å². The van der Waals surface area contributed by atoms with E-state index in [2.05, 4.69) is 10.4 Å². The van der Waals surface area contributed by atoms with Crippen LogP contribution >= 0.6 is 0 Å². The van der Waals surface area contributed by atoms with E-state index in [0.29, 0.717) is 12.8 Å². The average molecular weight is 367 g/mol. The molecule has 27 heavy (non-hydrogen) atoms. The molecule has 3 rings (SSSR count). The molecule has 6 heteroatoms. The number of nitrogens with one attached hydrogen (secondary N) is 1. The average Bonchev–Trinajstić information content (AvgIpc) is 3.29. The number of amides is 1. The fraction of sp³-hybridized carbons (Fsp3) is 0.333. The van der Waals surface area contributed by atoms with Gasteiger partial charge in [-0.3, -0.25) is 4.79 Å². The van der Waals surface area contributed by atoms with Crippen molar-refractivity contribution in [2.24, 2.45) is 0 Å². The van der Waals surface area contributed by atoms with Gasteiger partial charge in [-0.15, -0.1) is 0 Å². The summed E-state index contributed by atoms with van der Waals surface area (Å²) in [6.07, 6.45) is 2.65. The summed E-state index contributed by atoms with van der Waals surface area (Å²) in [5.41, 5.74) is 4.01. The standard InChI is InChI=1S/C21H25N3O3/c1-14-19(10-11-21(25)22-15(2)20-9-6-12-27-20)16(3)24(23-14)17-7-5-8-18(13-17)26-4/h5-9,12-13,15H,10-11H2,1-4H3,(H,22,25)/t15-/m1/s1. The van der Waals surface area contributed by atoms with Gasteiger partial charge in [-0.05, 0) is 57.0 Å². The first-order chi connectivity index (χ1) is 13.0. The Morgan fingerprint density at radius 2 is 2.11 bits per heavy atom. The predicted octanol–water partition coefficient (Wildman–Crippen LogP) is 3.90. The molecule has 3 aromatic rings. The number of rotatable bonds is 7. The second kappa shape index (κ2) is 8.12. The molecule has 142 valence electrons. The molecule has 0 radical (unpaired) electrons. The van der Waals surface area contributed by atoms with Crippen molar-refractivity contribution in [1.82, 2.24) is 15.1 Å². The number of methoxy groups -OCH3 is 1. The maximum Gasteiger partial charge on any atom is 0.220 e. The zero-order valence-electron chi connectivity index (χ0n) is 16.2. The Labute approximate surface area is 159 Å². The third-order valence-corrected chi connectivity index (χ3v) is 4.69.